The van der Waals surface area contributed by atoms with E-state index in [1.807, 2.05) is 0 Å². The number of rotatable bonds is 6. The Morgan fingerprint density at radius 3 is 2.35 bits per heavy atom. The van der Waals surface area contributed by atoms with Crippen LogP contribution in [0.5, 0.6) is 0 Å². The average molecular weight is 407 g/mol. The van der Waals surface area contributed by atoms with Crippen molar-refractivity contribution in [3.05, 3.63) is 57.1 Å². The first-order valence-corrected chi connectivity index (χ1v) is 8.38. The molecule has 2 amide bonds. The number of carbonyl (C=O) groups excluding carboxylic acids is 3. The molecule has 0 unspecified atom stereocenters. The van der Waals surface area contributed by atoms with Gasteiger partial charge in [0.15, 0.2) is 5.78 Å². The Hall–Kier alpha value is -1.63. The van der Waals surface area contributed by atoms with Crippen molar-refractivity contribution in [1.29, 1.82) is 0 Å². The molecule has 0 aromatic heterocycles. The van der Waals surface area contributed by atoms with Crippen molar-refractivity contribution in [2.45, 2.75) is 6.92 Å². The van der Waals surface area contributed by atoms with E-state index >= 15 is 0 Å². The van der Waals surface area contributed by atoms with Crippen LogP contribution in [-0.4, -0.2) is 30.6 Å². The van der Waals surface area contributed by atoms with E-state index in [2.05, 4.69) is 17.9 Å². The maximum absolute atomic E-state index is 12.2. The molecule has 0 fully saturated rings. The van der Waals surface area contributed by atoms with Crippen LogP contribution in [0, 0.1) is 0 Å². The molecule has 9 nitrogen and oxygen atoms in total. The summed E-state index contributed by atoms with van der Waals surface area (Å²) in [5.74, 6) is -2.38. The number of anilines is 1. The van der Waals surface area contributed by atoms with Crippen molar-refractivity contribution >= 4 is 46.0 Å². The Morgan fingerprint density at radius 1 is 1.31 bits per heavy atom. The van der Waals surface area contributed by atoms with Gasteiger partial charge in [-0.25, -0.2) is 0 Å². The molecule has 0 heterocycles. The van der Waals surface area contributed by atoms with Gasteiger partial charge in [-0.2, -0.15) is 8.42 Å². The number of amides is 2. The molecule has 0 saturated carbocycles. The van der Waals surface area contributed by atoms with Crippen LogP contribution < -0.4 is 40.6 Å². The molecule has 0 aliphatic heterocycles. The van der Waals surface area contributed by atoms with Gasteiger partial charge in [-0.3, -0.25) is 18.9 Å². The van der Waals surface area contributed by atoms with Crippen LogP contribution >= 0.6 is 12.6 Å². The molecule has 26 heavy (non-hydrogen) atoms. The van der Waals surface area contributed by atoms with Crippen molar-refractivity contribution in [3.63, 3.8) is 0 Å². The van der Waals surface area contributed by atoms with Crippen LogP contribution in [0.3, 0.4) is 0 Å². The van der Waals surface area contributed by atoms with Gasteiger partial charge in [0.05, 0.1) is 5.57 Å². The van der Waals surface area contributed by atoms with Crippen molar-refractivity contribution < 1.29 is 56.9 Å². The molecule has 5 N–H and O–H groups in total. The van der Waals surface area contributed by atoms with E-state index in [-0.39, 0.29) is 40.8 Å². The van der Waals surface area contributed by atoms with Gasteiger partial charge in [0.2, 0.25) is 5.91 Å². The van der Waals surface area contributed by atoms with Crippen molar-refractivity contribution in [3.8, 4) is 0 Å². The number of primary amides is 1. The monoisotopic (exact) mass is 407 g/mol. The minimum Gasteiger partial charge on any atom is -0.686 e. The van der Waals surface area contributed by atoms with E-state index in [1.54, 1.807) is 0 Å². The summed E-state index contributed by atoms with van der Waals surface area (Å²) in [4.78, 5) is 34.3. The summed E-state index contributed by atoms with van der Waals surface area (Å²) in [5.41, 5.74) is 12.1. The third-order valence-corrected chi connectivity index (χ3v) is 4.04. The molecular formula is C14H14N3NaO6S2. The van der Waals surface area contributed by atoms with Crippen LogP contribution in [0.15, 0.2) is 45.8 Å². The minimum absolute atomic E-state index is 0. The van der Waals surface area contributed by atoms with Crippen molar-refractivity contribution in [1.82, 2.24) is 0 Å². The van der Waals surface area contributed by atoms with Gasteiger partial charge >= 0.3 is 29.6 Å². The predicted octanol–water partition coefficient (Wildman–Crippen LogP) is -1.72. The largest absolute Gasteiger partial charge is 1.00 e. The quantitative estimate of drug-likeness (QED) is 0.0832. The first kappa shape index (κ1) is 24.4. The fraction of sp³-hybridized carbons (Fsp3) is 0.0714. The fourth-order valence-corrected chi connectivity index (χ4v) is 2.41. The van der Waals surface area contributed by atoms with Gasteiger partial charge < -0.3 is 16.8 Å². The number of Topliss-reactive ketones (excluding diaryl/α,β-unsaturated/α-hetero) is 1. The third kappa shape index (κ3) is 6.94. The summed E-state index contributed by atoms with van der Waals surface area (Å²) in [6.45, 7) is 1.05. The van der Waals surface area contributed by atoms with Crippen LogP contribution in [0.2, 0.25) is 0 Å². The second-order valence-corrected chi connectivity index (χ2v) is 6.54. The number of hydrogen-bond acceptors (Lipinski definition) is 6. The fourth-order valence-electron chi connectivity index (χ4n) is 1.61. The Labute approximate surface area is 177 Å². The Morgan fingerprint density at radius 2 is 1.88 bits per heavy atom. The molecule has 1 aromatic rings. The maximum Gasteiger partial charge on any atom is 1.00 e. The topological polar surface area (TPSA) is 167 Å². The van der Waals surface area contributed by atoms with Crippen LogP contribution in [-0.2, 0) is 19.7 Å². The number of benzene rings is 1. The number of ketones is 1. The van der Waals surface area contributed by atoms with E-state index in [9.17, 15) is 22.8 Å². The molecule has 134 valence electrons. The molecule has 0 bridgehead atoms. The van der Waals surface area contributed by atoms with Crippen molar-refractivity contribution in [2.75, 3.05) is 5.32 Å². The zero-order valence-corrected chi connectivity index (χ0v) is 17.5. The molecule has 0 radical (unpaired) electrons. The molecule has 1 aromatic carbocycles. The first-order chi connectivity index (χ1) is 11.4. The number of nitrogens with one attached hydrogen (secondary N) is 2. The summed E-state index contributed by atoms with van der Waals surface area (Å²) in [5, 5.41) is 1.07. The summed E-state index contributed by atoms with van der Waals surface area (Å²) >= 11 is 3.70. The Balaban J connectivity index is 0.00000625. The van der Waals surface area contributed by atoms with Gasteiger partial charge in [-0.1, -0.05) is 6.07 Å². The van der Waals surface area contributed by atoms with E-state index in [0.717, 1.165) is 13.0 Å². The summed E-state index contributed by atoms with van der Waals surface area (Å²) in [6.07, 6.45) is 0.745. The van der Waals surface area contributed by atoms with Gasteiger partial charge in [-0.15, -0.1) is 12.6 Å². The van der Waals surface area contributed by atoms with Crippen LogP contribution in [0.4, 0.5) is 5.69 Å². The normalized spacial score (nSPS) is 12.5. The van der Waals surface area contributed by atoms with Gasteiger partial charge in [0.1, 0.15) is 0 Å². The predicted molar refractivity (Wildman–Crippen MR) is 94.2 cm³/mol. The molecule has 0 spiro atoms. The molecule has 12 heteroatoms. The number of hydrogen-bond donors (Lipinski definition) is 4. The van der Waals surface area contributed by atoms with Crippen LogP contribution in [0.25, 0.3) is 5.73 Å². The minimum atomic E-state index is -4.84. The maximum atomic E-state index is 12.2. The smallest absolute Gasteiger partial charge is 0.686 e. The second-order valence-electron chi connectivity index (χ2n) is 4.70. The van der Waals surface area contributed by atoms with Gasteiger partial charge in [0, 0.05) is 16.2 Å². The summed E-state index contributed by atoms with van der Waals surface area (Å²) in [7, 11) is -4.84. The molecule has 0 saturated heterocycles. The van der Waals surface area contributed by atoms with Crippen LogP contribution in [0.1, 0.15) is 17.3 Å². The Kier molecular flexibility index (Phi) is 9.28. The number of carbonyl (C=O) groups is 3. The van der Waals surface area contributed by atoms with Gasteiger partial charge in [-0.05, 0) is 36.2 Å². The van der Waals surface area contributed by atoms with E-state index in [0.29, 0.717) is 0 Å². The second kappa shape index (κ2) is 9.90. The number of allylic oxidation sites excluding steroid dienone is 1. The summed E-state index contributed by atoms with van der Waals surface area (Å²) < 4.78 is 30.6. The molecule has 1 rings (SSSR count). The number of nitrogens with two attached hydrogens (primary N) is 1. The van der Waals surface area contributed by atoms with E-state index in [4.69, 9.17) is 16.0 Å². The molecule has 0 aliphatic carbocycles. The standard InChI is InChI=1S/C14H15N3O6S2.Na/c1-7(18)10(6-11(24)13(16)25(21,22)23)14(20)17-9-4-2-3-8(5-9)12(15)19;/h2-6H,1H3,(H7,15,16,17,18,19,20,21,22,23,24);/q;+1/p-1. The zero-order chi connectivity index (χ0) is 19.4. The first-order valence-electron chi connectivity index (χ1n) is 6.49. The van der Waals surface area contributed by atoms with Gasteiger partial charge in [0.25, 0.3) is 16.0 Å². The molecular weight excluding hydrogens is 393 g/mol. The molecule has 0 aliphatic rings. The average Bonchev–Trinajstić information content (AvgIpc) is 2.50. The van der Waals surface area contributed by atoms with Crippen molar-refractivity contribution in [2.24, 2.45) is 5.73 Å². The SMILES string of the molecule is CC(=O)/C(=C/C(S)=C(/[NH-])S(=O)(=O)O)C(=O)Nc1cccc(C(N)=O)c1.[Na+]. The number of thiol groups is 1. The zero-order valence-electron chi connectivity index (χ0n) is 13.8. The molecule has 0 atom stereocenters. The van der Waals surface area contributed by atoms with E-state index < -0.39 is 43.2 Å². The Bertz CT molecular complexity index is 909. The third-order valence-electron chi connectivity index (χ3n) is 2.80. The van der Waals surface area contributed by atoms with E-state index in [1.165, 1.54) is 24.3 Å². The summed E-state index contributed by atoms with van der Waals surface area (Å²) in [6, 6.07) is 5.60.